The van der Waals surface area contributed by atoms with Crippen LogP contribution < -0.4 is 14.8 Å². The van der Waals surface area contributed by atoms with Crippen LogP contribution in [0.4, 0.5) is 0 Å². The van der Waals surface area contributed by atoms with Crippen molar-refractivity contribution in [2.75, 3.05) is 13.2 Å². The van der Waals surface area contributed by atoms with Crippen LogP contribution in [-0.2, 0) is 6.54 Å². The van der Waals surface area contributed by atoms with E-state index < -0.39 is 5.97 Å². The highest BCUT2D eigenvalue weighted by Gasteiger charge is 2.14. The van der Waals surface area contributed by atoms with Gasteiger partial charge in [0, 0.05) is 12.6 Å². The lowest BCUT2D eigenvalue weighted by molar-refractivity contribution is 0.0697. The normalized spacial score (nSPS) is 14.3. The largest absolute Gasteiger partial charge is 0.486 e. The number of hydrogen-bond donors (Lipinski definition) is 2. The molecule has 0 amide bonds. The Kier molecular flexibility index (Phi) is 4.48. The number of carboxylic acid groups (broad SMARTS) is 1. The van der Waals surface area contributed by atoms with E-state index >= 15 is 0 Å². The lowest BCUT2D eigenvalue weighted by atomic mass is 10.1. The summed E-state index contributed by atoms with van der Waals surface area (Å²) >= 11 is 0. The van der Waals surface area contributed by atoms with Gasteiger partial charge in [-0.15, -0.1) is 0 Å². The molecule has 1 aliphatic heterocycles. The SMILES string of the molecule is CC(NCc1ccc(C(=O)O)cc1)c1ccc2c(c1)OCCO2. The summed E-state index contributed by atoms with van der Waals surface area (Å²) in [5.41, 5.74) is 2.46. The topological polar surface area (TPSA) is 67.8 Å². The second-order valence-corrected chi connectivity index (χ2v) is 5.51. The lowest BCUT2D eigenvalue weighted by Gasteiger charge is -2.21. The van der Waals surface area contributed by atoms with Crippen molar-refractivity contribution in [3.8, 4) is 11.5 Å². The maximum absolute atomic E-state index is 10.8. The minimum absolute atomic E-state index is 0.143. The van der Waals surface area contributed by atoms with E-state index in [9.17, 15) is 4.79 Å². The van der Waals surface area contributed by atoms with Gasteiger partial charge in [-0.3, -0.25) is 0 Å². The van der Waals surface area contributed by atoms with Gasteiger partial charge in [0.25, 0.3) is 0 Å². The monoisotopic (exact) mass is 313 g/mol. The summed E-state index contributed by atoms with van der Waals surface area (Å²) < 4.78 is 11.1. The number of carboxylic acids is 1. The molecule has 0 saturated heterocycles. The van der Waals surface area contributed by atoms with E-state index in [0.717, 1.165) is 22.6 Å². The van der Waals surface area contributed by atoms with E-state index in [0.29, 0.717) is 25.3 Å². The second kappa shape index (κ2) is 6.71. The summed E-state index contributed by atoms with van der Waals surface area (Å²) in [6.45, 7) is 3.91. The number of aromatic carboxylic acids is 1. The minimum atomic E-state index is -0.908. The summed E-state index contributed by atoms with van der Waals surface area (Å²) in [7, 11) is 0. The van der Waals surface area contributed by atoms with Crippen molar-refractivity contribution in [2.24, 2.45) is 0 Å². The van der Waals surface area contributed by atoms with Gasteiger partial charge in [0.2, 0.25) is 0 Å². The molecule has 120 valence electrons. The first-order valence-corrected chi connectivity index (χ1v) is 7.58. The molecule has 5 nitrogen and oxygen atoms in total. The number of fused-ring (bicyclic) bond motifs is 1. The summed E-state index contributed by atoms with van der Waals surface area (Å²) in [5.74, 6) is 0.666. The van der Waals surface area contributed by atoms with Crippen LogP contribution in [-0.4, -0.2) is 24.3 Å². The first-order chi connectivity index (χ1) is 11.1. The van der Waals surface area contributed by atoms with Gasteiger partial charge < -0.3 is 19.9 Å². The van der Waals surface area contributed by atoms with Crippen LogP contribution in [0.2, 0.25) is 0 Å². The molecule has 2 aromatic carbocycles. The Balaban J connectivity index is 1.62. The first kappa shape index (κ1) is 15.4. The molecule has 0 fully saturated rings. The van der Waals surface area contributed by atoms with Crippen LogP contribution in [0.5, 0.6) is 11.5 Å². The quantitative estimate of drug-likeness (QED) is 0.888. The predicted octanol–water partition coefficient (Wildman–Crippen LogP) is 3.01. The van der Waals surface area contributed by atoms with E-state index in [-0.39, 0.29) is 6.04 Å². The molecule has 2 N–H and O–H groups in total. The van der Waals surface area contributed by atoms with Gasteiger partial charge in [0.05, 0.1) is 5.56 Å². The average molecular weight is 313 g/mol. The van der Waals surface area contributed by atoms with Crippen LogP contribution in [0, 0.1) is 0 Å². The first-order valence-electron chi connectivity index (χ1n) is 7.58. The van der Waals surface area contributed by atoms with E-state index in [2.05, 4.69) is 12.2 Å². The zero-order chi connectivity index (χ0) is 16.2. The van der Waals surface area contributed by atoms with Crippen molar-refractivity contribution in [1.29, 1.82) is 0 Å². The number of hydrogen-bond acceptors (Lipinski definition) is 4. The molecular weight excluding hydrogens is 294 g/mol. The fraction of sp³-hybridized carbons (Fsp3) is 0.278. The Bertz CT molecular complexity index is 697. The summed E-state index contributed by atoms with van der Waals surface area (Å²) in [4.78, 5) is 10.8. The highest BCUT2D eigenvalue weighted by atomic mass is 16.6. The third-order valence-electron chi connectivity index (χ3n) is 3.88. The van der Waals surface area contributed by atoms with Crippen LogP contribution in [0.25, 0.3) is 0 Å². The third-order valence-corrected chi connectivity index (χ3v) is 3.88. The highest BCUT2D eigenvalue weighted by Crippen LogP contribution is 2.32. The number of ether oxygens (including phenoxy) is 2. The number of rotatable bonds is 5. The molecule has 5 heteroatoms. The van der Waals surface area contributed by atoms with Crippen molar-refractivity contribution in [3.63, 3.8) is 0 Å². The van der Waals surface area contributed by atoms with Crippen LogP contribution in [0.1, 0.15) is 34.5 Å². The van der Waals surface area contributed by atoms with Gasteiger partial charge in [-0.2, -0.15) is 0 Å². The zero-order valence-electron chi connectivity index (χ0n) is 12.9. The van der Waals surface area contributed by atoms with Crippen LogP contribution in [0.3, 0.4) is 0 Å². The molecule has 0 aromatic heterocycles. The van der Waals surface area contributed by atoms with E-state index in [1.165, 1.54) is 0 Å². The van der Waals surface area contributed by atoms with Gasteiger partial charge in [0.15, 0.2) is 11.5 Å². The number of carbonyl (C=O) groups is 1. The Morgan fingerprint density at radius 3 is 2.52 bits per heavy atom. The Labute approximate surface area is 134 Å². The van der Waals surface area contributed by atoms with E-state index in [1.54, 1.807) is 12.1 Å². The van der Waals surface area contributed by atoms with Gasteiger partial charge in [-0.25, -0.2) is 4.79 Å². The van der Waals surface area contributed by atoms with Gasteiger partial charge >= 0.3 is 5.97 Å². The molecule has 1 aliphatic rings. The molecule has 2 aromatic rings. The van der Waals surface area contributed by atoms with Crippen molar-refractivity contribution in [3.05, 3.63) is 59.2 Å². The minimum Gasteiger partial charge on any atom is -0.486 e. The molecule has 0 aliphatic carbocycles. The Hall–Kier alpha value is -2.53. The molecular formula is C18H19NO4. The van der Waals surface area contributed by atoms with Crippen LogP contribution >= 0.6 is 0 Å². The van der Waals surface area contributed by atoms with Gasteiger partial charge in [-0.05, 0) is 42.3 Å². The summed E-state index contributed by atoms with van der Waals surface area (Å²) in [5, 5.41) is 12.3. The van der Waals surface area contributed by atoms with Gasteiger partial charge in [-0.1, -0.05) is 18.2 Å². The second-order valence-electron chi connectivity index (χ2n) is 5.51. The lowest BCUT2D eigenvalue weighted by Crippen LogP contribution is -2.19. The van der Waals surface area contributed by atoms with Crippen molar-refractivity contribution >= 4 is 5.97 Å². The molecule has 1 atom stereocenters. The molecule has 0 spiro atoms. The summed E-state index contributed by atoms with van der Waals surface area (Å²) in [6, 6.07) is 13.0. The highest BCUT2D eigenvalue weighted by molar-refractivity contribution is 5.87. The maximum atomic E-state index is 10.8. The van der Waals surface area contributed by atoms with Crippen LogP contribution in [0.15, 0.2) is 42.5 Å². The van der Waals surface area contributed by atoms with E-state index in [4.69, 9.17) is 14.6 Å². The number of benzene rings is 2. The molecule has 23 heavy (non-hydrogen) atoms. The third kappa shape index (κ3) is 3.63. The molecule has 1 heterocycles. The molecule has 1 unspecified atom stereocenters. The molecule has 0 saturated carbocycles. The Morgan fingerprint density at radius 2 is 1.83 bits per heavy atom. The molecule has 0 radical (unpaired) electrons. The van der Waals surface area contributed by atoms with E-state index in [1.807, 2.05) is 30.3 Å². The standard InChI is InChI=1S/C18H19NO4/c1-12(15-6-7-16-17(10-15)23-9-8-22-16)19-11-13-2-4-14(5-3-13)18(20)21/h2-7,10,12,19H,8-9,11H2,1H3,(H,20,21). The van der Waals surface area contributed by atoms with Crippen molar-refractivity contribution < 1.29 is 19.4 Å². The molecule has 0 bridgehead atoms. The average Bonchev–Trinajstić information content (AvgIpc) is 2.59. The molecule has 3 rings (SSSR count). The fourth-order valence-electron chi connectivity index (χ4n) is 2.48. The van der Waals surface area contributed by atoms with Crippen molar-refractivity contribution in [2.45, 2.75) is 19.5 Å². The van der Waals surface area contributed by atoms with Crippen molar-refractivity contribution in [1.82, 2.24) is 5.32 Å². The van der Waals surface area contributed by atoms with Gasteiger partial charge in [0.1, 0.15) is 13.2 Å². The smallest absolute Gasteiger partial charge is 0.335 e. The predicted molar refractivity (Wildman–Crippen MR) is 86.1 cm³/mol. The summed E-state index contributed by atoms with van der Waals surface area (Å²) in [6.07, 6.45) is 0. The number of nitrogens with one attached hydrogen (secondary N) is 1. The maximum Gasteiger partial charge on any atom is 0.335 e. The zero-order valence-corrected chi connectivity index (χ0v) is 12.9. The fourth-order valence-corrected chi connectivity index (χ4v) is 2.48. The Morgan fingerprint density at radius 1 is 1.13 bits per heavy atom.